The summed E-state index contributed by atoms with van der Waals surface area (Å²) in [6.07, 6.45) is 0.0311. The second kappa shape index (κ2) is 6.04. The molecule has 0 unspecified atom stereocenters. The summed E-state index contributed by atoms with van der Waals surface area (Å²) in [5.74, 6) is -1.05. The summed E-state index contributed by atoms with van der Waals surface area (Å²) in [6, 6.07) is 9.56. The lowest BCUT2D eigenvalue weighted by atomic mass is 10.0. The first-order valence-electron chi connectivity index (χ1n) is 5.40. The molecule has 0 aliphatic rings. The summed E-state index contributed by atoms with van der Waals surface area (Å²) in [5.41, 5.74) is 0.626. The molecule has 2 rings (SSSR count). The van der Waals surface area contributed by atoms with Gasteiger partial charge in [0.25, 0.3) is 0 Å². The molecule has 0 aliphatic heterocycles. The monoisotopic (exact) mass is 360 g/mol. The third kappa shape index (κ3) is 3.35. The molecule has 0 saturated heterocycles. The molecule has 0 radical (unpaired) electrons. The van der Waals surface area contributed by atoms with Crippen LogP contribution in [0.1, 0.15) is 15.9 Å². The second-order valence-corrected chi connectivity index (χ2v) is 5.67. The van der Waals surface area contributed by atoms with Gasteiger partial charge in [0.15, 0.2) is 11.6 Å². The van der Waals surface area contributed by atoms with E-state index in [2.05, 4.69) is 15.9 Å². The SMILES string of the molecule is O=C(Cc1ccc(Br)cc1Cl)c1cccc(Cl)c1F. The Morgan fingerprint density at radius 1 is 1.16 bits per heavy atom. The van der Waals surface area contributed by atoms with Gasteiger partial charge in [-0.15, -0.1) is 0 Å². The maximum Gasteiger partial charge on any atom is 0.170 e. The molecule has 0 bridgehead atoms. The summed E-state index contributed by atoms with van der Waals surface area (Å²) < 4.78 is 14.5. The Balaban J connectivity index is 2.28. The molecule has 5 heteroatoms. The summed E-state index contributed by atoms with van der Waals surface area (Å²) in [4.78, 5) is 12.1. The number of hydrogen-bond acceptors (Lipinski definition) is 1. The van der Waals surface area contributed by atoms with Gasteiger partial charge in [-0.1, -0.05) is 51.3 Å². The van der Waals surface area contributed by atoms with Crippen LogP contribution in [-0.4, -0.2) is 5.78 Å². The second-order valence-electron chi connectivity index (χ2n) is 3.94. The molecule has 0 heterocycles. The van der Waals surface area contributed by atoms with Crippen LogP contribution in [0.3, 0.4) is 0 Å². The Hall–Kier alpha value is -0.900. The fourth-order valence-corrected chi connectivity index (χ4v) is 2.57. The van der Waals surface area contributed by atoms with Crippen LogP contribution in [0.4, 0.5) is 4.39 Å². The number of ketones is 1. The van der Waals surface area contributed by atoms with Crippen LogP contribution in [0, 0.1) is 5.82 Å². The Morgan fingerprint density at radius 2 is 1.89 bits per heavy atom. The van der Waals surface area contributed by atoms with Crippen LogP contribution in [0.2, 0.25) is 10.0 Å². The van der Waals surface area contributed by atoms with E-state index in [-0.39, 0.29) is 22.8 Å². The zero-order valence-electron chi connectivity index (χ0n) is 9.59. The van der Waals surface area contributed by atoms with Crippen molar-refractivity contribution in [1.29, 1.82) is 0 Å². The van der Waals surface area contributed by atoms with E-state index in [9.17, 15) is 9.18 Å². The van der Waals surface area contributed by atoms with E-state index < -0.39 is 5.82 Å². The summed E-state index contributed by atoms with van der Waals surface area (Å²) in [7, 11) is 0. The van der Waals surface area contributed by atoms with Crippen molar-refractivity contribution < 1.29 is 9.18 Å². The molecule has 1 nitrogen and oxygen atoms in total. The number of benzene rings is 2. The highest BCUT2D eigenvalue weighted by molar-refractivity contribution is 9.10. The zero-order chi connectivity index (χ0) is 14.0. The lowest BCUT2D eigenvalue weighted by Gasteiger charge is -2.06. The molecule has 0 aliphatic carbocycles. The maximum absolute atomic E-state index is 13.7. The highest BCUT2D eigenvalue weighted by Crippen LogP contribution is 2.24. The molecule has 0 fully saturated rings. The van der Waals surface area contributed by atoms with Gasteiger partial charge in [0, 0.05) is 15.9 Å². The third-order valence-electron chi connectivity index (χ3n) is 2.62. The van der Waals surface area contributed by atoms with Gasteiger partial charge < -0.3 is 0 Å². The Bertz CT molecular complexity index is 643. The normalized spacial score (nSPS) is 10.5. The van der Waals surface area contributed by atoms with Crippen molar-refractivity contribution in [1.82, 2.24) is 0 Å². The van der Waals surface area contributed by atoms with Crippen LogP contribution in [0.15, 0.2) is 40.9 Å². The van der Waals surface area contributed by atoms with E-state index in [0.29, 0.717) is 10.6 Å². The van der Waals surface area contributed by atoms with Crippen molar-refractivity contribution in [2.24, 2.45) is 0 Å². The van der Waals surface area contributed by atoms with Gasteiger partial charge in [-0.2, -0.15) is 0 Å². The minimum Gasteiger partial charge on any atom is -0.294 e. The van der Waals surface area contributed by atoms with E-state index in [1.165, 1.54) is 12.1 Å². The summed E-state index contributed by atoms with van der Waals surface area (Å²) in [5, 5.41) is 0.401. The fraction of sp³-hybridized carbons (Fsp3) is 0.0714. The molecule has 0 N–H and O–H groups in total. The van der Waals surface area contributed by atoms with Gasteiger partial charge in [0.05, 0.1) is 10.6 Å². The van der Waals surface area contributed by atoms with E-state index >= 15 is 0 Å². The molecule has 0 spiro atoms. The molecule has 0 saturated carbocycles. The van der Waals surface area contributed by atoms with Crippen LogP contribution >= 0.6 is 39.1 Å². The first-order valence-corrected chi connectivity index (χ1v) is 6.95. The standard InChI is InChI=1S/C14H8BrCl2FO/c15-9-5-4-8(12(17)7-9)6-13(19)10-2-1-3-11(16)14(10)18/h1-5,7H,6H2. The number of Topliss-reactive ketones (excluding diaryl/α,β-unsaturated/α-hetero) is 1. The van der Waals surface area contributed by atoms with E-state index in [1.807, 2.05) is 0 Å². The molecule has 2 aromatic carbocycles. The average Bonchev–Trinajstić information content (AvgIpc) is 2.36. The Labute approximate surface area is 128 Å². The molecular weight excluding hydrogens is 354 g/mol. The summed E-state index contributed by atoms with van der Waals surface area (Å²) >= 11 is 15.0. The Morgan fingerprint density at radius 3 is 2.58 bits per heavy atom. The number of rotatable bonds is 3. The third-order valence-corrected chi connectivity index (χ3v) is 3.76. The smallest absolute Gasteiger partial charge is 0.170 e. The van der Waals surface area contributed by atoms with Gasteiger partial charge >= 0.3 is 0 Å². The lowest BCUT2D eigenvalue weighted by Crippen LogP contribution is -2.06. The van der Waals surface area contributed by atoms with Crippen molar-refractivity contribution in [2.45, 2.75) is 6.42 Å². The molecule has 0 aromatic heterocycles. The zero-order valence-corrected chi connectivity index (χ0v) is 12.7. The first kappa shape index (κ1) is 14.5. The highest BCUT2D eigenvalue weighted by Gasteiger charge is 2.15. The predicted octanol–water partition coefficient (Wildman–Crippen LogP) is 5.32. The van der Waals surface area contributed by atoms with Gasteiger partial charge in [-0.3, -0.25) is 4.79 Å². The van der Waals surface area contributed by atoms with Crippen LogP contribution in [-0.2, 0) is 6.42 Å². The molecule has 2 aromatic rings. The number of hydrogen-bond donors (Lipinski definition) is 0. The predicted molar refractivity (Wildman–Crippen MR) is 78.6 cm³/mol. The molecule has 98 valence electrons. The van der Waals surface area contributed by atoms with Gasteiger partial charge in [-0.25, -0.2) is 4.39 Å². The minimum absolute atomic E-state index is 0.0218. The van der Waals surface area contributed by atoms with Gasteiger partial charge in [-0.05, 0) is 29.8 Å². The largest absolute Gasteiger partial charge is 0.294 e. The number of halogens is 4. The van der Waals surface area contributed by atoms with Crippen molar-refractivity contribution in [3.8, 4) is 0 Å². The van der Waals surface area contributed by atoms with E-state index in [1.54, 1.807) is 24.3 Å². The molecule has 0 amide bonds. The van der Waals surface area contributed by atoms with Gasteiger partial charge in [0.1, 0.15) is 0 Å². The topological polar surface area (TPSA) is 17.1 Å². The number of carbonyl (C=O) groups excluding carboxylic acids is 1. The van der Waals surface area contributed by atoms with Crippen LogP contribution in [0.25, 0.3) is 0 Å². The van der Waals surface area contributed by atoms with E-state index in [0.717, 1.165) is 4.47 Å². The highest BCUT2D eigenvalue weighted by atomic mass is 79.9. The number of carbonyl (C=O) groups is 1. The van der Waals surface area contributed by atoms with Crippen molar-refractivity contribution in [2.75, 3.05) is 0 Å². The maximum atomic E-state index is 13.7. The first-order chi connectivity index (χ1) is 8.99. The molecule has 0 atom stereocenters. The quantitative estimate of drug-likeness (QED) is 0.676. The molecule has 19 heavy (non-hydrogen) atoms. The van der Waals surface area contributed by atoms with Gasteiger partial charge in [0.2, 0.25) is 0 Å². The van der Waals surface area contributed by atoms with Crippen molar-refractivity contribution in [3.05, 3.63) is 67.9 Å². The fourth-order valence-electron chi connectivity index (χ4n) is 1.65. The lowest BCUT2D eigenvalue weighted by molar-refractivity contribution is 0.0989. The minimum atomic E-state index is -0.692. The summed E-state index contributed by atoms with van der Waals surface area (Å²) in [6.45, 7) is 0. The van der Waals surface area contributed by atoms with Crippen molar-refractivity contribution >= 4 is 44.9 Å². The average molecular weight is 362 g/mol. The van der Waals surface area contributed by atoms with Crippen LogP contribution < -0.4 is 0 Å². The van der Waals surface area contributed by atoms with E-state index in [4.69, 9.17) is 23.2 Å². The van der Waals surface area contributed by atoms with Crippen LogP contribution in [0.5, 0.6) is 0 Å². The Kier molecular flexibility index (Phi) is 4.61. The molecular formula is C14H8BrCl2FO. The van der Waals surface area contributed by atoms with Crippen molar-refractivity contribution in [3.63, 3.8) is 0 Å².